The lowest BCUT2D eigenvalue weighted by atomic mass is 10.2. The topological polar surface area (TPSA) is 98.5 Å². The molecule has 1 amide bonds. The van der Waals surface area contributed by atoms with Gasteiger partial charge < -0.3 is 10.1 Å². The Morgan fingerprint density at radius 2 is 2.00 bits per heavy atom. The van der Waals surface area contributed by atoms with Crippen LogP contribution in [0.2, 0.25) is 0 Å². The summed E-state index contributed by atoms with van der Waals surface area (Å²) in [5.74, 6) is -2.10. The van der Waals surface area contributed by atoms with Crippen LogP contribution in [-0.2, 0) is 9.53 Å². The fraction of sp³-hybridized carbons (Fsp3) is 0.125. The van der Waals surface area contributed by atoms with Gasteiger partial charge in [-0.3, -0.25) is 14.9 Å². The number of aryl methyl sites for hydroxylation is 1. The Morgan fingerprint density at radius 3 is 2.64 bits per heavy atom. The number of carbonyl (C=O) groups is 2. The van der Waals surface area contributed by atoms with E-state index in [1.54, 1.807) is 6.92 Å². The maximum Gasteiger partial charge on any atom is 0.339 e. The molecule has 2 aromatic carbocycles. The lowest BCUT2D eigenvalue weighted by Gasteiger charge is -2.09. The largest absolute Gasteiger partial charge is 0.452 e. The Labute approximate surface area is 150 Å². The first kappa shape index (κ1) is 18.5. The van der Waals surface area contributed by atoms with Crippen LogP contribution >= 0.6 is 15.9 Å². The zero-order valence-corrected chi connectivity index (χ0v) is 14.5. The molecule has 0 fully saturated rings. The van der Waals surface area contributed by atoms with Gasteiger partial charge >= 0.3 is 5.97 Å². The normalized spacial score (nSPS) is 10.2. The van der Waals surface area contributed by atoms with E-state index >= 15 is 0 Å². The summed E-state index contributed by atoms with van der Waals surface area (Å²) in [5, 5.41) is 13.2. The molecule has 0 aliphatic rings. The quantitative estimate of drug-likeness (QED) is 0.461. The molecular formula is C16H12BrFN2O5. The van der Waals surface area contributed by atoms with Crippen molar-refractivity contribution in [2.24, 2.45) is 0 Å². The predicted molar refractivity (Wildman–Crippen MR) is 90.8 cm³/mol. The minimum Gasteiger partial charge on any atom is -0.452 e. The standard InChI is InChI=1S/C16H12BrFN2O5/c1-9-6-11(20(23)24)3-5-14(9)19-15(21)8-25-16(22)12-7-10(18)2-4-13(12)17/h2-7H,8H2,1H3,(H,19,21). The van der Waals surface area contributed by atoms with E-state index in [9.17, 15) is 24.1 Å². The lowest BCUT2D eigenvalue weighted by molar-refractivity contribution is -0.384. The summed E-state index contributed by atoms with van der Waals surface area (Å²) in [5.41, 5.74) is 0.706. The Morgan fingerprint density at radius 1 is 1.28 bits per heavy atom. The van der Waals surface area contributed by atoms with Crippen LogP contribution in [0.25, 0.3) is 0 Å². The Bertz CT molecular complexity index is 856. The van der Waals surface area contributed by atoms with E-state index in [1.807, 2.05) is 0 Å². The highest BCUT2D eigenvalue weighted by atomic mass is 79.9. The van der Waals surface area contributed by atoms with Gasteiger partial charge in [-0.2, -0.15) is 0 Å². The molecule has 130 valence electrons. The zero-order valence-electron chi connectivity index (χ0n) is 12.9. The number of hydrogen-bond donors (Lipinski definition) is 1. The van der Waals surface area contributed by atoms with Crippen molar-refractivity contribution in [3.63, 3.8) is 0 Å². The van der Waals surface area contributed by atoms with E-state index in [4.69, 9.17) is 4.74 Å². The highest BCUT2D eigenvalue weighted by Crippen LogP contribution is 2.21. The van der Waals surface area contributed by atoms with Crippen molar-refractivity contribution < 1.29 is 23.6 Å². The third-order valence-electron chi connectivity index (χ3n) is 3.18. The molecule has 0 saturated carbocycles. The molecule has 0 aliphatic carbocycles. The van der Waals surface area contributed by atoms with E-state index in [1.165, 1.54) is 30.3 Å². The number of anilines is 1. The molecule has 0 unspecified atom stereocenters. The van der Waals surface area contributed by atoms with Crippen molar-refractivity contribution in [2.45, 2.75) is 6.92 Å². The molecule has 9 heteroatoms. The number of carbonyl (C=O) groups excluding carboxylic acids is 2. The first-order valence-electron chi connectivity index (χ1n) is 6.95. The number of nitrogens with zero attached hydrogens (tertiary/aromatic N) is 1. The number of halogens is 2. The average molecular weight is 411 g/mol. The molecule has 7 nitrogen and oxygen atoms in total. The van der Waals surface area contributed by atoms with Gasteiger partial charge in [0.15, 0.2) is 6.61 Å². The van der Waals surface area contributed by atoms with Crippen LogP contribution in [0.1, 0.15) is 15.9 Å². The monoisotopic (exact) mass is 410 g/mol. The van der Waals surface area contributed by atoms with Crippen LogP contribution in [-0.4, -0.2) is 23.4 Å². The van der Waals surface area contributed by atoms with Gasteiger partial charge in [-0.25, -0.2) is 9.18 Å². The van der Waals surface area contributed by atoms with Crippen LogP contribution in [0, 0.1) is 22.9 Å². The van der Waals surface area contributed by atoms with Crippen molar-refractivity contribution in [1.82, 2.24) is 0 Å². The minimum atomic E-state index is -0.859. The number of non-ortho nitro benzene ring substituents is 1. The molecular weight excluding hydrogens is 399 g/mol. The number of benzene rings is 2. The fourth-order valence-electron chi connectivity index (χ4n) is 1.95. The number of amides is 1. The Kier molecular flexibility index (Phi) is 5.81. The number of rotatable bonds is 5. The third kappa shape index (κ3) is 4.83. The Balaban J connectivity index is 1.98. The van der Waals surface area contributed by atoms with Crippen molar-refractivity contribution in [2.75, 3.05) is 11.9 Å². The molecule has 2 rings (SSSR count). The molecule has 0 bridgehead atoms. The van der Waals surface area contributed by atoms with Crippen LogP contribution in [0.5, 0.6) is 0 Å². The molecule has 0 aliphatic heterocycles. The van der Waals surface area contributed by atoms with Crippen LogP contribution in [0.15, 0.2) is 40.9 Å². The fourth-order valence-corrected chi connectivity index (χ4v) is 2.36. The summed E-state index contributed by atoms with van der Waals surface area (Å²) in [4.78, 5) is 33.9. The third-order valence-corrected chi connectivity index (χ3v) is 3.87. The summed E-state index contributed by atoms with van der Waals surface area (Å²) in [6.07, 6.45) is 0. The van der Waals surface area contributed by atoms with Crippen molar-refractivity contribution in [3.05, 3.63) is 67.9 Å². The summed E-state index contributed by atoms with van der Waals surface area (Å²) >= 11 is 3.10. The van der Waals surface area contributed by atoms with E-state index in [0.29, 0.717) is 15.7 Å². The second kappa shape index (κ2) is 7.84. The summed E-state index contributed by atoms with van der Waals surface area (Å²) in [6.45, 7) is 1.01. The number of hydrogen-bond acceptors (Lipinski definition) is 5. The van der Waals surface area contributed by atoms with Crippen molar-refractivity contribution in [3.8, 4) is 0 Å². The van der Waals surface area contributed by atoms with Gasteiger partial charge in [0.25, 0.3) is 11.6 Å². The highest BCUT2D eigenvalue weighted by molar-refractivity contribution is 9.10. The maximum absolute atomic E-state index is 13.2. The molecule has 2 aromatic rings. The van der Waals surface area contributed by atoms with E-state index < -0.39 is 29.2 Å². The van der Waals surface area contributed by atoms with E-state index in [-0.39, 0.29) is 11.3 Å². The zero-order chi connectivity index (χ0) is 18.6. The average Bonchev–Trinajstić information content (AvgIpc) is 2.56. The number of esters is 1. The molecule has 0 heterocycles. The molecule has 0 aromatic heterocycles. The second-order valence-corrected chi connectivity index (χ2v) is 5.86. The predicted octanol–water partition coefficient (Wildman–Crippen LogP) is 3.60. The lowest BCUT2D eigenvalue weighted by Crippen LogP contribution is -2.21. The van der Waals surface area contributed by atoms with Gasteiger partial charge in [0.1, 0.15) is 5.82 Å². The molecule has 0 radical (unpaired) electrons. The van der Waals surface area contributed by atoms with Gasteiger partial charge in [0.2, 0.25) is 0 Å². The smallest absolute Gasteiger partial charge is 0.339 e. The molecule has 0 saturated heterocycles. The van der Waals surface area contributed by atoms with Crippen molar-refractivity contribution >= 4 is 39.2 Å². The maximum atomic E-state index is 13.2. The van der Waals surface area contributed by atoms with Gasteiger partial charge in [0, 0.05) is 22.3 Å². The first-order valence-corrected chi connectivity index (χ1v) is 7.74. The molecule has 0 atom stereocenters. The van der Waals surface area contributed by atoms with Crippen LogP contribution < -0.4 is 5.32 Å². The number of nitro benzene ring substituents is 1. The van der Waals surface area contributed by atoms with Gasteiger partial charge in [-0.1, -0.05) is 0 Å². The highest BCUT2D eigenvalue weighted by Gasteiger charge is 2.15. The second-order valence-electron chi connectivity index (χ2n) is 5.00. The van der Waals surface area contributed by atoms with Crippen LogP contribution in [0.3, 0.4) is 0 Å². The molecule has 1 N–H and O–H groups in total. The van der Waals surface area contributed by atoms with Gasteiger partial charge in [-0.15, -0.1) is 0 Å². The van der Waals surface area contributed by atoms with E-state index in [2.05, 4.69) is 21.2 Å². The SMILES string of the molecule is Cc1cc([N+](=O)[O-])ccc1NC(=O)COC(=O)c1cc(F)ccc1Br. The van der Waals surface area contributed by atoms with Gasteiger partial charge in [0.05, 0.1) is 10.5 Å². The number of nitrogens with one attached hydrogen (secondary N) is 1. The Hall–Kier alpha value is -2.81. The number of ether oxygens (including phenoxy) is 1. The van der Waals surface area contributed by atoms with Gasteiger partial charge in [-0.05, 0) is 52.7 Å². The summed E-state index contributed by atoms with van der Waals surface area (Å²) in [7, 11) is 0. The molecule has 25 heavy (non-hydrogen) atoms. The van der Waals surface area contributed by atoms with Crippen molar-refractivity contribution in [1.29, 1.82) is 0 Å². The summed E-state index contributed by atoms with van der Waals surface area (Å²) < 4.78 is 18.4. The molecule has 0 spiro atoms. The minimum absolute atomic E-state index is 0.0423. The number of nitro groups is 1. The summed E-state index contributed by atoms with van der Waals surface area (Å²) in [6, 6.07) is 7.46. The van der Waals surface area contributed by atoms with Crippen LogP contribution in [0.4, 0.5) is 15.8 Å². The van der Waals surface area contributed by atoms with E-state index in [0.717, 1.165) is 6.07 Å². The first-order chi connectivity index (χ1) is 11.8.